The Balaban J connectivity index is 1.11. The van der Waals surface area contributed by atoms with Crippen LogP contribution in [0.15, 0.2) is 78.9 Å². The summed E-state index contributed by atoms with van der Waals surface area (Å²) in [5.41, 5.74) is 8.01. The summed E-state index contributed by atoms with van der Waals surface area (Å²) in [7, 11) is 0. The number of hydrogen-bond acceptors (Lipinski definition) is 3. The fraction of sp³-hybridized carbons (Fsp3) is 0.382. The molecule has 0 amide bonds. The lowest BCUT2D eigenvalue weighted by Gasteiger charge is -2.49. The summed E-state index contributed by atoms with van der Waals surface area (Å²) < 4.78 is 8.30. The van der Waals surface area contributed by atoms with Gasteiger partial charge in [-0.05, 0) is 90.7 Å². The summed E-state index contributed by atoms with van der Waals surface area (Å²) in [5.74, 6) is 3.04. The predicted octanol–water partition coefficient (Wildman–Crippen LogP) is 6.98. The number of fused-ring (bicyclic) bond motifs is 7. The zero-order chi connectivity index (χ0) is 25.7. The van der Waals surface area contributed by atoms with Crippen molar-refractivity contribution in [1.29, 1.82) is 0 Å². The molecule has 4 atom stereocenters. The molecule has 1 fully saturated rings. The van der Waals surface area contributed by atoms with Gasteiger partial charge in [0.1, 0.15) is 12.4 Å². The zero-order valence-electron chi connectivity index (χ0n) is 22.1. The van der Waals surface area contributed by atoms with Crippen LogP contribution >= 0.6 is 0 Å². The maximum atomic E-state index is 10.9. The Morgan fingerprint density at radius 3 is 2.53 bits per heavy atom. The summed E-state index contributed by atoms with van der Waals surface area (Å²) >= 11 is 0. The first-order valence-corrected chi connectivity index (χ1v) is 14.2. The van der Waals surface area contributed by atoms with Crippen molar-refractivity contribution in [3.8, 4) is 11.6 Å². The summed E-state index contributed by atoms with van der Waals surface area (Å²) in [6.07, 6.45) is 6.55. The highest BCUT2D eigenvalue weighted by Crippen LogP contribution is 2.61. The molecule has 4 unspecified atom stereocenters. The zero-order valence-corrected chi connectivity index (χ0v) is 22.1. The molecular weight excluding hydrogens is 468 g/mol. The second-order valence-electron chi connectivity index (χ2n) is 11.8. The fourth-order valence-corrected chi connectivity index (χ4v) is 7.96. The molecular formula is C34H36N2O2. The molecule has 3 aromatic carbocycles. The normalized spacial score (nSPS) is 25.2. The third kappa shape index (κ3) is 3.93. The van der Waals surface area contributed by atoms with Gasteiger partial charge in [-0.25, -0.2) is 0 Å². The van der Waals surface area contributed by atoms with Gasteiger partial charge in [0.15, 0.2) is 0 Å². The number of ether oxygens (including phenoxy) is 1. The largest absolute Gasteiger partial charge is 0.492 e. The quantitative estimate of drug-likeness (QED) is 0.308. The van der Waals surface area contributed by atoms with Crippen LogP contribution in [-0.2, 0) is 37.8 Å². The Morgan fingerprint density at radius 2 is 1.74 bits per heavy atom. The van der Waals surface area contributed by atoms with Gasteiger partial charge in [0.25, 0.3) is 0 Å². The van der Waals surface area contributed by atoms with E-state index in [0.717, 1.165) is 43.5 Å². The summed E-state index contributed by atoms with van der Waals surface area (Å²) in [6.45, 7) is 3.88. The van der Waals surface area contributed by atoms with Gasteiger partial charge in [-0.3, -0.25) is 4.68 Å². The molecule has 1 heterocycles. The van der Waals surface area contributed by atoms with E-state index in [4.69, 9.17) is 4.74 Å². The predicted molar refractivity (Wildman–Crippen MR) is 150 cm³/mol. The lowest BCUT2D eigenvalue weighted by atomic mass is 9.55. The minimum Gasteiger partial charge on any atom is -0.492 e. The SMILES string of the molecule is CC12CCC3c4ccc(OCc5ccccc5)cc4CCC3C1Cc1c(O)nn(CCc3ccccc3)c12. The Kier molecular flexibility index (Phi) is 5.79. The molecule has 1 saturated carbocycles. The fourth-order valence-electron chi connectivity index (χ4n) is 7.96. The molecule has 0 radical (unpaired) electrons. The molecule has 194 valence electrons. The Labute approximate surface area is 225 Å². The Hall–Kier alpha value is -3.53. The second kappa shape index (κ2) is 9.34. The van der Waals surface area contributed by atoms with E-state index in [-0.39, 0.29) is 11.3 Å². The molecule has 3 aliphatic carbocycles. The Bertz CT molecular complexity index is 1440. The molecule has 3 aliphatic rings. The van der Waals surface area contributed by atoms with Gasteiger partial charge < -0.3 is 9.84 Å². The van der Waals surface area contributed by atoms with Crippen LogP contribution in [0.25, 0.3) is 0 Å². The topological polar surface area (TPSA) is 47.3 Å². The second-order valence-corrected chi connectivity index (χ2v) is 11.8. The number of aromatic hydroxyl groups is 1. The highest BCUT2D eigenvalue weighted by Gasteiger charge is 2.55. The number of hydrogen-bond donors (Lipinski definition) is 1. The van der Waals surface area contributed by atoms with Crippen LogP contribution in [0.4, 0.5) is 0 Å². The van der Waals surface area contributed by atoms with Crippen LogP contribution < -0.4 is 4.74 Å². The van der Waals surface area contributed by atoms with Crippen LogP contribution in [0.5, 0.6) is 11.6 Å². The van der Waals surface area contributed by atoms with Gasteiger partial charge >= 0.3 is 0 Å². The van der Waals surface area contributed by atoms with Crippen LogP contribution in [0.1, 0.15) is 65.6 Å². The first kappa shape index (κ1) is 23.6. The van der Waals surface area contributed by atoms with E-state index < -0.39 is 0 Å². The number of aryl methyl sites for hydroxylation is 3. The van der Waals surface area contributed by atoms with Gasteiger partial charge in [-0.1, -0.05) is 73.7 Å². The average Bonchev–Trinajstić information content (AvgIpc) is 3.45. The molecule has 0 saturated heterocycles. The van der Waals surface area contributed by atoms with E-state index in [0.29, 0.717) is 24.4 Å². The maximum Gasteiger partial charge on any atom is 0.233 e. The number of nitrogens with zero attached hydrogens (tertiary/aromatic N) is 2. The molecule has 0 spiro atoms. The molecule has 4 heteroatoms. The van der Waals surface area contributed by atoms with Crippen molar-refractivity contribution < 1.29 is 9.84 Å². The summed E-state index contributed by atoms with van der Waals surface area (Å²) in [5, 5.41) is 15.5. The number of rotatable bonds is 6. The molecule has 0 bridgehead atoms. The van der Waals surface area contributed by atoms with E-state index in [1.165, 1.54) is 40.8 Å². The molecule has 0 aliphatic heterocycles. The van der Waals surface area contributed by atoms with E-state index in [1.807, 2.05) is 6.07 Å². The highest BCUT2D eigenvalue weighted by molar-refractivity contribution is 5.46. The van der Waals surface area contributed by atoms with Crippen LogP contribution in [-0.4, -0.2) is 14.9 Å². The summed E-state index contributed by atoms with van der Waals surface area (Å²) in [4.78, 5) is 0. The monoisotopic (exact) mass is 504 g/mol. The van der Waals surface area contributed by atoms with Gasteiger partial charge in [0.05, 0.1) is 5.69 Å². The van der Waals surface area contributed by atoms with Gasteiger partial charge in [-0.2, -0.15) is 0 Å². The van der Waals surface area contributed by atoms with Gasteiger partial charge in [-0.15, -0.1) is 5.10 Å². The van der Waals surface area contributed by atoms with E-state index in [1.54, 1.807) is 0 Å². The molecule has 1 N–H and O–H groups in total. The smallest absolute Gasteiger partial charge is 0.233 e. The number of benzene rings is 3. The molecule has 4 aromatic rings. The first-order valence-electron chi connectivity index (χ1n) is 14.2. The van der Waals surface area contributed by atoms with Gasteiger partial charge in [0.2, 0.25) is 5.88 Å². The van der Waals surface area contributed by atoms with Gasteiger partial charge in [0, 0.05) is 17.5 Å². The number of aromatic nitrogens is 2. The highest BCUT2D eigenvalue weighted by atomic mass is 16.5. The molecule has 4 nitrogen and oxygen atoms in total. The van der Waals surface area contributed by atoms with Crippen molar-refractivity contribution in [3.05, 3.63) is 112 Å². The van der Waals surface area contributed by atoms with Crippen molar-refractivity contribution in [2.24, 2.45) is 11.8 Å². The Morgan fingerprint density at radius 1 is 0.974 bits per heavy atom. The minimum atomic E-state index is 0.0808. The molecule has 7 rings (SSSR count). The van der Waals surface area contributed by atoms with E-state index >= 15 is 0 Å². The minimum absolute atomic E-state index is 0.0808. The van der Waals surface area contributed by atoms with Crippen molar-refractivity contribution >= 4 is 0 Å². The summed E-state index contributed by atoms with van der Waals surface area (Å²) in [6, 6.07) is 27.8. The standard InChI is InChI=1S/C34H36N2O2/c1-34-18-16-28-27-15-13-26(38-22-24-10-6-3-7-11-24)20-25(27)12-14-29(28)31(34)21-30-32(34)36(35-33(30)37)19-17-23-8-4-2-5-9-23/h2-11,13,15,20,28-29,31H,12,14,16-19,21-22H2,1H3,(H,35,37). The van der Waals surface area contributed by atoms with Crippen LogP contribution in [0, 0.1) is 11.8 Å². The third-order valence-electron chi connectivity index (χ3n) is 9.79. The van der Waals surface area contributed by atoms with Crippen molar-refractivity contribution in [3.63, 3.8) is 0 Å². The van der Waals surface area contributed by atoms with Crippen LogP contribution in [0.3, 0.4) is 0 Å². The van der Waals surface area contributed by atoms with E-state index in [2.05, 4.69) is 89.5 Å². The third-order valence-corrected chi connectivity index (χ3v) is 9.79. The maximum absolute atomic E-state index is 10.9. The lowest BCUT2D eigenvalue weighted by Crippen LogP contribution is -2.44. The van der Waals surface area contributed by atoms with Crippen molar-refractivity contribution in [2.45, 2.75) is 69.9 Å². The van der Waals surface area contributed by atoms with Crippen molar-refractivity contribution in [1.82, 2.24) is 9.78 Å². The molecule has 38 heavy (non-hydrogen) atoms. The first-order chi connectivity index (χ1) is 18.6. The van der Waals surface area contributed by atoms with Crippen LogP contribution in [0.2, 0.25) is 0 Å². The molecule has 1 aromatic heterocycles. The van der Waals surface area contributed by atoms with Crippen molar-refractivity contribution in [2.75, 3.05) is 0 Å². The van der Waals surface area contributed by atoms with E-state index in [9.17, 15) is 5.11 Å². The lowest BCUT2D eigenvalue weighted by molar-refractivity contribution is 0.0993. The average molecular weight is 505 g/mol.